The Morgan fingerprint density at radius 1 is 1.62 bits per heavy atom. The van der Waals surface area contributed by atoms with Crippen molar-refractivity contribution in [1.82, 2.24) is 10.3 Å². The van der Waals surface area contributed by atoms with Gasteiger partial charge >= 0.3 is 0 Å². The minimum absolute atomic E-state index is 0.0818. The standard InChI is InChI=1S/C11H11FN2O2/c1-8(16)13-4-2-3-9-5-10(7-15)11(12)14-6-9/h2-3,5-7H,4H2,1H3,(H,13,16). The van der Waals surface area contributed by atoms with Gasteiger partial charge in [0.1, 0.15) is 0 Å². The molecule has 84 valence electrons. The molecular formula is C11H11FN2O2. The van der Waals surface area contributed by atoms with Gasteiger partial charge < -0.3 is 5.32 Å². The van der Waals surface area contributed by atoms with Crippen LogP contribution in [0.4, 0.5) is 4.39 Å². The van der Waals surface area contributed by atoms with Crippen molar-refractivity contribution in [2.45, 2.75) is 6.92 Å². The van der Waals surface area contributed by atoms with Crippen molar-refractivity contribution in [2.75, 3.05) is 6.54 Å². The summed E-state index contributed by atoms with van der Waals surface area (Å²) in [5.74, 6) is -0.913. The lowest BCUT2D eigenvalue weighted by Crippen LogP contribution is -2.19. The lowest BCUT2D eigenvalue weighted by atomic mass is 10.2. The van der Waals surface area contributed by atoms with E-state index in [0.717, 1.165) is 0 Å². The van der Waals surface area contributed by atoms with Gasteiger partial charge in [-0.15, -0.1) is 0 Å². The molecule has 1 N–H and O–H groups in total. The van der Waals surface area contributed by atoms with E-state index in [0.29, 0.717) is 18.4 Å². The number of pyridine rings is 1. The first kappa shape index (κ1) is 12.0. The summed E-state index contributed by atoms with van der Waals surface area (Å²) < 4.78 is 12.8. The smallest absolute Gasteiger partial charge is 0.223 e. The molecule has 0 bridgehead atoms. The monoisotopic (exact) mass is 222 g/mol. The number of amides is 1. The predicted octanol–water partition coefficient (Wildman–Crippen LogP) is 1.18. The van der Waals surface area contributed by atoms with Gasteiger partial charge in [-0.05, 0) is 11.6 Å². The zero-order valence-electron chi connectivity index (χ0n) is 8.74. The molecule has 1 amide bonds. The molecule has 0 aromatic carbocycles. The zero-order chi connectivity index (χ0) is 12.0. The molecule has 0 unspecified atom stereocenters. The maximum absolute atomic E-state index is 12.8. The number of aromatic nitrogens is 1. The highest BCUT2D eigenvalue weighted by Gasteiger charge is 2.01. The van der Waals surface area contributed by atoms with Gasteiger partial charge in [0.2, 0.25) is 11.9 Å². The molecule has 0 saturated carbocycles. The molecule has 0 aliphatic carbocycles. The van der Waals surface area contributed by atoms with Gasteiger partial charge in [0, 0.05) is 19.7 Å². The first-order valence-corrected chi connectivity index (χ1v) is 4.65. The number of carbonyl (C=O) groups is 2. The van der Waals surface area contributed by atoms with Crippen LogP contribution >= 0.6 is 0 Å². The molecule has 1 heterocycles. The summed E-state index contributed by atoms with van der Waals surface area (Å²) in [5.41, 5.74) is 0.524. The molecule has 1 aromatic rings. The molecule has 16 heavy (non-hydrogen) atoms. The fourth-order valence-electron chi connectivity index (χ4n) is 1.05. The van der Waals surface area contributed by atoms with E-state index in [2.05, 4.69) is 10.3 Å². The van der Waals surface area contributed by atoms with Crippen LogP contribution in [0.15, 0.2) is 18.3 Å². The molecule has 0 atom stereocenters. The normalized spacial score (nSPS) is 10.4. The third-order valence-corrected chi connectivity index (χ3v) is 1.79. The van der Waals surface area contributed by atoms with Crippen molar-refractivity contribution in [3.05, 3.63) is 35.4 Å². The minimum Gasteiger partial charge on any atom is -0.353 e. The minimum atomic E-state index is -0.783. The van der Waals surface area contributed by atoms with Crippen LogP contribution in [0, 0.1) is 5.95 Å². The highest BCUT2D eigenvalue weighted by atomic mass is 19.1. The number of nitrogens with zero attached hydrogens (tertiary/aromatic N) is 1. The van der Waals surface area contributed by atoms with Crippen molar-refractivity contribution >= 4 is 18.3 Å². The fraction of sp³-hybridized carbons (Fsp3) is 0.182. The number of nitrogens with one attached hydrogen (secondary N) is 1. The molecule has 0 radical (unpaired) electrons. The Hall–Kier alpha value is -2.04. The average Bonchev–Trinajstić information content (AvgIpc) is 2.26. The van der Waals surface area contributed by atoms with Crippen LogP contribution in [0.2, 0.25) is 0 Å². The predicted molar refractivity (Wildman–Crippen MR) is 57.3 cm³/mol. The summed E-state index contributed by atoms with van der Waals surface area (Å²) >= 11 is 0. The highest BCUT2D eigenvalue weighted by molar-refractivity contribution is 5.76. The van der Waals surface area contributed by atoms with E-state index in [1.54, 1.807) is 12.2 Å². The van der Waals surface area contributed by atoms with E-state index < -0.39 is 5.95 Å². The van der Waals surface area contributed by atoms with Crippen LogP contribution in [-0.2, 0) is 4.79 Å². The third kappa shape index (κ3) is 3.61. The van der Waals surface area contributed by atoms with E-state index in [9.17, 15) is 14.0 Å². The van der Waals surface area contributed by atoms with Crippen LogP contribution in [0.5, 0.6) is 0 Å². The Labute approximate surface area is 92.2 Å². The Kier molecular flexibility index (Phi) is 4.32. The SMILES string of the molecule is CC(=O)NCC=Cc1cnc(F)c(C=O)c1. The molecule has 0 saturated heterocycles. The second kappa shape index (κ2) is 5.75. The summed E-state index contributed by atoms with van der Waals surface area (Å²) in [5, 5.41) is 2.57. The van der Waals surface area contributed by atoms with Crippen LogP contribution < -0.4 is 5.32 Å². The maximum Gasteiger partial charge on any atom is 0.223 e. The molecule has 0 spiro atoms. The van der Waals surface area contributed by atoms with Crippen molar-refractivity contribution in [1.29, 1.82) is 0 Å². The number of rotatable bonds is 4. The summed E-state index contributed by atoms with van der Waals surface area (Å²) in [4.78, 5) is 24.4. The van der Waals surface area contributed by atoms with Crippen molar-refractivity contribution < 1.29 is 14.0 Å². The van der Waals surface area contributed by atoms with E-state index in [-0.39, 0.29) is 11.5 Å². The Morgan fingerprint density at radius 2 is 2.38 bits per heavy atom. The van der Waals surface area contributed by atoms with Gasteiger partial charge in [-0.3, -0.25) is 9.59 Å². The molecular weight excluding hydrogens is 211 g/mol. The number of hydrogen-bond donors (Lipinski definition) is 1. The van der Waals surface area contributed by atoms with Gasteiger partial charge in [0.25, 0.3) is 0 Å². The first-order valence-electron chi connectivity index (χ1n) is 4.65. The summed E-state index contributed by atoms with van der Waals surface area (Å²) in [6.07, 6.45) is 5.06. The van der Waals surface area contributed by atoms with Gasteiger partial charge in [0.15, 0.2) is 6.29 Å². The largest absolute Gasteiger partial charge is 0.353 e. The van der Waals surface area contributed by atoms with E-state index >= 15 is 0 Å². The lowest BCUT2D eigenvalue weighted by Gasteiger charge is -1.97. The van der Waals surface area contributed by atoms with Gasteiger partial charge in [-0.25, -0.2) is 4.98 Å². The van der Waals surface area contributed by atoms with Gasteiger partial charge in [-0.2, -0.15) is 4.39 Å². The average molecular weight is 222 g/mol. The Balaban J connectivity index is 2.67. The highest BCUT2D eigenvalue weighted by Crippen LogP contribution is 2.06. The zero-order valence-corrected chi connectivity index (χ0v) is 8.74. The second-order valence-electron chi connectivity index (χ2n) is 3.11. The van der Waals surface area contributed by atoms with E-state index in [4.69, 9.17) is 0 Å². The van der Waals surface area contributed by atoms with Crippen LogP contribution in [0.3, 0.4) is 0 Å². The number of halogens is 1. The molecule has 0 aliphatic rings. The molecule has 5 heteroatoms. The first-order chi connectivity index (χ1) is 7.63. The van der Waals surface area contributed by atoms with Crippen LogP contribution in [-0.4, -0.2) is 23.7 Å². The quantitative estimate of drug-likeness (QED) is 0.614. The summed E-state index contributed by atoms with van der Waals surface area (Å²) in [6.45, 7) is 1.79. The molecule has 0 fully saturated rings. The van der Waals surface area contributed by atoms with E-state index in [1.807, 2.05) is 0 Å². The lowest BCUT2D eigenvalue weighted by molar-refractivity contribution is -0.118. The Morgan fingerprint density at radius 3 is 3.00 bits per heavy atom. The molecule has 4 nitrogen and oxygen atoms in total. The van der Waals surface area contributed by atoms with E-state index in [1.165, 1.54) is 19.2 Å². The molecule has 1 rings (SSSR count). The summed E-state index contributed by atoms with van der Waals surface area (Å²) in [7, 11) is 0. The molecule has 1 aromatic heterocycles. The van der Waals surface area contributed by atoms with Gasteiger partial charge in [0.05, 0.1) is 5.56 Å². The topological polar surface area (TPSA) is 59.1 Å². The van der Waals surface area contributed by atoms with Crippen LogP contribution in [0.1, 0.15) is 22.8 Å². The maximum atomic E-state index is 12.8. The summed E-state index contributed by atoms with van der Waals surface area (Å²) in [6, 6.07) is 1.39. The number of hydrogen-bond acceptors (Lipinski definition) is 3. The fourth-order valence-corrected chi connectivity index (χ4v) is 1.05. The molecule has 0 aliphatic heterocycles. The van der Waals surface area contributed by atoms with Crippen molar-refractivity contribution in [3.8, 4) is 0 Å². The van der Waals surface area contributed by atoms with Crippen molar-refractivity contribution in [3.63, 3.8) is 0 Å². The van der Waals surface area contributed by atoms with Gasteiger partial charge in [-0.1, -0.05) is 12.2 Å². The number of carbonyl (C=O) groups excluding carboxylic acids is 2. The van der Waals surface area contributed by atoms with Crippen LogP contribution in [0.25, 0.3) is 6.08 Å². The Bertz CT molecular complexity index is 430. The van der Waals surface area contributed by atoms with Crippen molar-refractivity contribution in [2.24, 2.45) is 0 Å². The number of aldehydes is 1. The third-order valence-electron chi connectivity index (χ3n) is 1.79. The second-order valence-corrected chi connectivity index (χ2v) is 3.11.